The van der Waals surface area contributed by atoms with Gasteiger partial charge in [0.15, 0.2) is 0 Å². The molecule has 15 heavy (non-hydrogen) atoms. The highest BCUT2D eigenvalue weighted by atomic mass is 31.0. The molecule has 4 unspecified atom stereocenters. The zero-order chi connectivity index (χ0) is 10.8. The number of nitrogens with zero attached hydrogens (tertiary/aromatic N) is 4. The summed E-state index contributed by atoms with van der Waals surface area (Å²) < 4.78 is 2.25. The normalized spacial score (nSPS) is 35.7. The first-order valence-electron chi connectivity index (χ1n) is 5.29. The van der Waals surface area contributed by atoms with Gasteiger partial charge in [-0.2, -0.15) is 0 Å². The molecule has 1 aliphatic heterocycles. The van der Waals surface area contributed by atoms with Gasteiger partial charge in [0.25, 0.3) is 0 Å². The summed E-state index contributed by atoms with van der Waals surface area (Å²) in [6.45, 7) is 2.17. The van der Waals surface area contributed by atoms with Crippen LogP contribution in [0.15, 0.2) is 5.11 Å². The maximum absolute atomic E-state index is 11.4. The molecular formula is C9H15N4OP. The summed E-state index contributed by atoms with van der Waals surface area (Å²) in [6, 6.07) is 0. The molecule has 0 N–H and O–H groups in total. The van der Waals surface area contributed by atoms with E-state index in [0.717, 1.165) is 38.3 Å². The smallest absolute Gasteiger partial charge is 0.222 e. The monoisotopic (exact) mass is 226 g/mol. The first kappa shape index (κ1) is 10.9. The average Bonchev–Trinajstić information content (AvgIpc) is 2.57. The van der Waals surface area contributed by atoms with E-state index < -0.39 is 0 Å². The molecule has 1 amide bonds. The van der Waals surface area contributed by atoms with Gasteiger partial charge in [-0.15, -0.1) is 0 Å². The second-order valence-corrected chi connectivity index (χ2v) is 5.24. The van der Waals surface area contributed by atoms with Gasteiger partial charge in [-0.05, 0) is 41.7 Å². The van der Waals surface area contributed by atoms with Gasteiger partial charge in [-0.3, -0.25) is 9.46 Å². The Morgan fingerprint density at radius 2 is 2.13 bits per heavy atom. The highest BCUT2D eigenvalue weighted by Gasteiger charge is 2.38. The molecule has 1 heterocycles. The van der Waals surface area contributed by atoms with E-state index in [-0.39, 0.29) is 11.8 Å². The molecule has 6 heteroatoms. The van der Waals surface area contributed by atoms with Gasteiger partial charge in [0.2, 0.25) is 5.91 Å². The van der Waals surface area contributed by atoms with Gasteiger partial charge in [0.1, 0.15) is 0 Å². The van der Waals surface area contributed by atoms with Crippen LogP contribution >= 0.6 is 9.39 Å². The van der Waals surface area contributed by atoms with Crippen molar-refractivity contribution in [2.24, 2.45) is 22.9 Å². The molecule has 0 aromatic heterocycles. The molecule has 82 valence electrons. The molecule has 1 saturated heterocycles. The number of hydrogen-bond acceptors (Lipinski definition) is 2. The highest BCUT2D eigenvalue weighted by molar-refractivity contribution is 7.13. The molecule has 0 aromatic rings. The lowest BCUT2D eigenvalue weighted by Gasteiger charge is -2.29. The summed E-state index contributed by atoms with van der Waals surface area (Å²) in [4.78, 5) is 14.0. The molecule has 1 aliphatic carbocycles. The number of rotatable bonds is 1. The first-order valence-corrected chi connectivity index (χ1v) is 5.81. The number of fused-ring (bicyclic) bond motifs is 1. The van der Waals surface area contributed by atoms with Crippen molar-refractivity contribution in [1.82, 2.24) is 4.67 Å². The van der Waals surface area contributed by atoms with Crippen LogP contribution in [0.1, 0.15) is 19.3 Å². The van der Waals surface area contributed by atoms with E-state index in [9.17, 15) is 4.79 Å². The topological polar surface area (TPSA) is 69.1 Å². The molecular weight excluding hydrogens is 211 g/mol. The van der Waals surface area contributed by atoms with Crippen LogP contribution in [0.25, 0.3) is 10.4 Å². The SMILES string of the molecule is [N-]=[N+]=NC(=O)C1CCC2CN(P)CC2C1. The van der Waals surface area contributed by atoms with E-state index >= 15 is 0 Å². The largest absolute Gasteiger partial charge is 0.292 e. The number of amides is 1. The molecule has 4 atom stereocenters. The van der Waals surface area contributed by atoms with Gasteiger partial charge in [0, 0.05) is 23.9 Å². The number of carbonyl (C=O) groups is 1. The molecule has 1 saturated carbocycles. The van der Waals surface area contributed by atoms with Crippen LogP contribution in [0.2, 0.25) is 0 Å². The fraction of sp³-hybridized carbons (Fsp3) is 0.889. The van der Waals surface area contributed by atoms with Crippen molar-refractivity contribution in [1.29, 1.82) is 0 Å². The number of azide groups is 1. The van der Waals surface area contributed by atoms with Crippen molar-refractivity contribution in [3.05, 3.63) is 10.4 Å². The van der Waals surface area contributed by atoms with Crippen LogP contribution in [0, 0.1) is 17.8 Å². The Hall–Kier alpha value is -0.630. The average molecular weight is 226 g/mol. The third kappa shape index (κ3) is 2.31. The van der Waals surface area contributed by atoms with Crippen LogP contribution in [-0.2, 0) is 4.79 Å². The fourth-order valence-electron chi connectivity index (χ4n) is 2.82. The Morgan fingerprint density at radius 3 is 2.87 bits per heavy atom. The van der Waals surface area contributed by atoms with Gasteiger partial charge >= 0.3 is 0 Å². The number of hydrogen-bond donors (Lipinski definition) is 0. The van der Waals surface area contributed by atoms with Crippen molar-refractivity contribution < 1.29 is 4.79 Å². The van der Waals surface area contributed by atoms with Crippen molar-refractivity contribution >= 4 is 15.3 Å². The van der Waals surface area contributed by atoms with E-state index in [0.29, 0.717) is 5.92 Å². The van der Waals surface area contributed by atoms with Crippen molar-refractivity contribution in [2.45, 2.75) is 19.3 Å². The minimum Gasteiger partial charge on any atom is -0.292 e. The Balaban J connectivity index is 1.97. The van der Waals surface area contributed by atoms with E-state index in [1.807, 2.05) is 0 Å². The minimum atomic E-state index is -0.266. The standard InChI is InChI=1S/C9H15N4OP/c10-12-11-9(14)6-1-2-7-4-13(15)5-8(7)3-6/h6-8H,1-5,15H2. The highest BCUT2D eigenvalue weighted by Crippen LogP contribution is 2.40. The maximum atomic E-state index is 11.4. The summed E-state index contributed by atoms with van der Waals surface area (Å²) in [5.74, 6) is 1.05. The lowest BCUT2D eigenvalue weighted by Crippen LogP contribution is -2.27. The Bertz CT molecular complexity index is 315. The third-order valence-electron chi connectivity index (χ3n) is 3.57. The predicted molar refractivity (Wildman–Crippen MR) is 59.8 cm³/mol. The Kier molecular flexibility index (Phi) is 3.25. The van der Waals surface area contributed by atoms with Crippen LogP contribution in [0.4, 0.5) is 0 Å². The van der Waals surface area contributed by atoms with Crippen LogP contribution < -0.4 is 0 Å². The van der Waals surface area contributed by atoms with E-state index in [2.05, 4.69) is 24.1 Å². The van der Waals surface area contributed by atoms with Crippen molar-refractivity contribution in [3.8, 4) is 0 Å². The molecule has 0 bridgehead atoms. The summed E-state index contributed by atoms with van der Waals surface area (Å²) in [5.41, 5.74) is 8.22. The predicted octanol–water partition coefficient (Wildman–Crippen LogP) is 1.96. The Morgan fingerprint density at radius 1 is 1.40 bits per heavy atom. The van der Waals surface area contributed by atoms with Crippen molar-refractivity contribution in [2.75, 3.05) is 13.1 Å². The molecule has 5 nitrogen and oxygen atoms in total. The molecule has 2 fully saturated rings. The van der Waals surface area contributed by atoms with Crippen molar-refractivity contribution in [3.63, 3.8) is 0 Å². The molecule has 2 rings (SSSR count). The lowest BCUT2D eigenvalue weighted by atomic mass is 9.76. The summed E-state index contributed by atoms with van der Waals surface area (Å²) in [5, 5.41) is 3.20. The fourth-order valence-corrected chi connectivity index (χ4v) is 3.36. The lowest BCUT2D eigenvalue weighted by molar-refractivity contribution is -0.123. The Labute approximate surface area is 91.1 Å². The molecule has 0 aromatic carbocycles. The number of carbonyl (C=O) groups excluding carboxylic acids is 1. The van der Waals surface area contributed by atoms with Gasteiger partial charge in [0.05, 0.1) is 0 Å². The zero-order valence-corrected chi connectivity index (χ0v) is 9.70. The van der Waals surface area contributed by atoms with E-state index in [1.54, 1.807) is 0 Å². The molecule has 0 spiro atoms. The van der Waals surface area contributed by atoms with Crippen LogP contribution in [0.5, 0.6) is 0 Å². The van der Waals surface area contributed by atoms with Gasteiger partial charge in [-0.25, -0.2) is 0 Å². The van der Waals surface area contributed by atoms with Crippen LogP contribution in [0.3, 0.4) is 0 Å². The summed E-state index contributed by atoms with van der Waals surface area (Å²) in [7, 11) is 2.73. The van der Waals surface area contributed by atoms with E-state index in [1.165, 1.54) is 0 Å². The molecule has 2 aliphatic rings. The van der Waals surface area contributed by atoms with Gasteiger partial charge in [-0.1, -0.05) is 9.39 Å². The molecule has 0 radical (unpaired) electrons. The first-order chi connectivity index (χ1) is 7.20. The summed E-state index contributed by atoms with van der Waals surface area (Å²) in [6.07, 6.45) is 2.87. The zero-order valence-electron chi connectivity index (χ0n) is 8.54. The van der Waals surface area contributed by atoms with Gasteiger partial charge < -0.3 is 0 Å². The minimum absolute atomic E-state index is 0.0290. The second kappa shape index (κ2) is 4.48. The maximum Gasteiger partial charge on any atom is 0.222 e. The third-order valence-corrected chi connectivity index (χ3v) is 3.99. The van der Waals surface area contributed by atoms with Crippen LogP contribution in [-0.4, -0.2) is 23.7 Å². The van der Waals surface area contributed by atoms with E-state index in [4.69, 9.17) is 5.53 Å². The summed E-state index contributed by atoms with van der Waals surface area (Å²) >= 11 is 0. The quantitative estimate of drug-likeness (QED) is 0.297. The second-order valence-electron chi connectivity index (χ2n) is 4.51.